The first kappa shape index (κ1) is 33.4. The minimum Gasteiger partial charge on any atom is -0.456 e. The summed E-state index contributed by atoms with van der Waals surface area (Å²) < 4.78 is 17.9. The molecule has 3 heteroatoms. The molecule has 51 heavy (non-hydrogen) atoms. The monoisotopic (exact) mass is 666 g/mol. The highest BCUT2D eigenvalue weighted by Crippen LogP contribution is 2.37. The summed E-state index contributed by atoms with van der Waals surface area (Å²) in [7, 11) is 0. The molecule has 10 aromatic rings. The van der Waals surface area contributed by atoms with Gasteiger partial charge in [-0.15, -0.1) is 0 Å². The first-order valence-corrected chi connectivity index (χ1v) is 16.7. The second kappa shape index (κ2) is 13.0. The molecule has 3 nitrogen and oxygen atoms in total. The highest BCUT2D eigenvalue weighted by Gasteiger charge is 2.12. The fourth-order valence-electron chi connectivity index (χ4n) is 7.04. The second-order valence-electron chi connectivity index (χ2n) is 13.3. The zero-order valence-electron chi connectivity index (χ0n) is 27.9. The van der Waals surface area contributed by atoms with Gasteiger partial charge < -0.3 is 13.3 Å². The quantitative estimate of drug-likeness (QED) is 0.184. The molecule has 3 aromatic heterocycles. The van der Waals surface area contributed by atoms with Crippen molar-refractivity contribution in [2.75, 3.05) is 0 Å². The van der Waals surface area contributed by atoms with Crippen LogP contribution < -0.4 is 0 Å². The van der Waals surface area contributed by atoms with Crippen molar-refractivity contribution in [3.63, 3.8) is 0 Å². The molecule has 0 fully saturated rings. The summed E-state index contributed by atoms with van der Waals surface area (Å²) in [5.41, 5.74) is 15.5. The number of fused-ring (bicyclic) bond motifs is 9. The topological polar surface area (TPSA) is 39.4 Å². The van der Waals surface area contributed by atoms with Gasteiger partial charge in [0.05, 0.1) is 0 Å². The minimum atomic E-state index is 0. The van der Waals surface area contributed by atoms with Gasteiger partial charge in [0.25, 0.3) is 0 Å². The number of furan rings is 3. The molecule has 0 aliphatic carbocycles. The van der Waals surface area contributed by atoms with Crippen molar-refractivity contribution < 1.29 is 13.3 Å². The maximum atomic E-state index is 6.01. The van der Waals surface area contributed by atoms with Crippen LogP contribution in [0.4, 0.5) is 0 Å². The van der Waals surface area contributed by atoms with E-state index in [1.54, 1.807) is 0 Å². The third-order valence-corrected chi connectivity index (χ3v) is 9.56. The molecule has 0 bridgehead atoms. The molecule has 0 unspecified atom stereocenters. The van der Waals surface area contributed by atoms with Crippen molar-refractivity contribution in [1.29, 1.82) is 0 Å². The van der Waals surface area contributed by atoms with E-state index < -0.39 is 0 Å². The van der Waals surface area contributed by atoms with Crippen LogP contribution in [-0.4, -0.2) is 0 Å². The summed E-state index contributed by atoms with van der Waals surface area (Å²) in [6.07, 6.45) is 0. The largest absolute Gasteiger partial charge is 0.456 e. The average Bonchev–Trinajstić information content (AvgIpc) is 3.78. The van der Waals surface area contributed by atoms with E-state index in [2.05, 4.69) is 161 Å². The molecule has 0 spiro atoms. The first-order chi connectivity index (χ1) is 23.9. The van der Waals surface area contributed by atoms with E-state index in [-0.39, 0.29) is 14.9 Å². The molecule has 0 N–H and O–H groups in total. The molecule has 0 aliphatic rings. The lowest BCUT2D eigenvalue weighted by atomic mass is 10.00. The van der Waals surface area contributed by atoms with Gasteiger partial charge in [-0.3, -0.25) is 0 Å². The summed E-state index contributed by atoms with van der Waals surface area (Å²) in [5, 5.41) is 7.03. The normalized spacial score (nSPS) is 11.2. The van der Waals surface area contributed by atoms with Crippen LogP contribution in [0.25, 0.3) is 88.1 Å². The van der Waals surface area contributed by atoms with E-state index in [1.165, 1.54) is 66.1 Å². The molecule has 7 aromatic carbocycles. The van der Waals surface area contributed by atoms with Crippen LogP contribution in [0.5, 0.6) is 0 Å². The van der Waals surface area contributed by atoms with Gasteiger partial charge in [-0.05, 0) is 123 Å². The Balaban J connectivity index is 0.000000159. The number of hydrogen-bond acceptors (Lipinski definition) is 3. The Hall–Kier alpha value is -6.06. The predicted molar refractivity (Wildman–Crippen MR) is 218 cm³/mol. The van der Waals surface area contributed by atoms with E-state index in [4.69, 9.17) is 13.3 Å². The lowest BCUT2D eigenvalue weighted by Gasteiger charge is -2.03. The van der Waals surface area contributed by atoms with E-state index >= 15 is 0 Å². The second-order valence-corrected chi connectivity index (χ2v) is 13.3. The van der Waals surface area contributed by atoms with Crippen molar-refractivity contribution >= 4 is 65.8 Å². The highest BCUT2D eigenvalue weighted by atomic mass is 16.3. The van der Waals surface area contributed by atoms with E-state index in [0.717, 1.165) is 44.3 Å². The van der Waals surface area contributed by atoms with Crippen LogP contribution >= 0.6 is 0 Å². The van der Waals surface area contributed by atoms with E-state index in [1.807, 2.05) is 0 Å². The smallest absolute Gasteiger partial charge is 0.135 e. The zero-order valence-corrected chi connectivity index (χ0v) is 27.9. The van der Waals surface area contributed by atoms with E-state index in [0.29, 0.717) is 0 Å². The summed E-state index contributed by atoms with van der Waals surface area (Å²) in [4.78, 5) is 0. The van der Waals surface area contributed by atoms with Crippen LogP contribution in [0.2, 0.25) is 0 Å². The molecule has 0 atom stereocenters. The third-order valence-electron chi connectivity index (χ3n) is 9.56. The fraction of sp³-hybridized carbons (Fsp3) is 0.125. The minimum absolute atomic E-state index is 0. The Morgan fingerprint density at radius 3 is 0.882 bits per heavy atom. The molecule has 0 saturated heterocycles. The SMILES string of the molecule is C.C.Cc1ccc2oc3ccc(-c4ccc5oc6ccc(C)cc6c5c4)cc3c2c1.Cc1cccc(-c2ccc3oc4ccc(C)cc4c3c2)c1. The molecule has 0 saturated carbocycles. The first-order valence-electron chi connectivity index (χ1n) is 16.7. The molecular formula is C48H42O3. The molecule has 0 radical (unpaired) electrons. The lowest BCUT2D eigenvalue weighted by Crippen LogP contribution is -1.79. The molecule has 252 valence electrons. The molecular weight excluding hydrogens is 625 g/mol. The van der Waals surface area contributed by atoms with Crippen molar-refractivity contribution in [3.05, 3.63) is 156 Å². The van der Waals surface area contributed by atoms with Crippen molar-refractivity contribution in [2.24, 2.45) is 0 Å². The molecule has 10 rings (SSSR count). The predicted octanol–water partition coefficient (Wildman–Crippen LogP) is 14.9. The fourth-order valence-corrected chi connectivity index (χ4v) is 7.04. The van der Waals surface area contributed by atoms with Gasteiger partial charge in [-0.25, -0.2) is 0 Å². The summed E-state index contributed by atoms with van der Waals surface area (Å²) in [5.74, 6) is 0. The van der Waals surface area contributed by atoms with Crippen LogP contribution in [0.15, 0.2) is 147 Å². The van der Waals surface area contributed by atoms with Gasteiger partial charge in [-0.1, -0.05) is 97.8 Å². The van der Waals surface area contributed by atoms with Crippen LogP contribution in [0.3, 0.4) is 0 Å². The van der Waals surface area contributed by atoms with Gasteiger partial charge in [0, 0.05) is 32.3 Å². The number of benzene rings is 7. The standard InChI is InChI=1S/C26H18O2.C20H16O.2CH4/c1-15-3-7-23-19(11-15)21-13-17(5-9-25(21)27-23)18-6-10-26-22(14-18)20-12-16(2)4-8-24(20)28-26;1-13-4-3-5-15(10-13)16-7-9-20-18(12-16)17-11-14(2)6-8-19(17)21-20;;/h3-14H,1-2H3;3-12H,1-2H3;2*1H4. The molecule has 0 aliphatic heterocycles. The van der Waals surface area contributed by atoms with Crippen molar-refractivity contribution in [2.45, 2.75) is 42.5 Å². The Morgan fingerprint density at radius 1 is 0.275 bits per heavy atom. The summed E-state index contributed by atoms with van der Waals surface area (Å²) >= 11 is 0. The van der Waals surface area contributed by atoms with Gasteiger partial charge in [0.2, 0.25) is 0 Å². The highest BCUT2D eigenvalue weighted by molar-refractivity contribution is 6.09. The van der Waals surface area contributed by atoms with E-state index in [9.17, 15) is 0 Å². The maximum absolute atomic E-state index is 6.01. The Labute approximate surface area is 298 Å². The average molecular weight is 667 g/mol. The number of rotatable bonds is 2. The Morgan fingerprint density at radius 2 is 0.549 bits per heavy atom. The van der Waals surface area contributed by atoms with Gasteiger partial charge >= 0.3 is 0 Å². The Kier molecular flexibility index (Phi) is 8.52. The van der Waals surface area contributed by atoms with Gasteiger partial charge in [0.1, 0.15) is 33.5 Å². The summed E-state index contributed by atoms with van der Waals surface area (Å²) in [6.45, 7) is 8.46. The van der Waals surface area contributed by atoms with Gasteiger partial charge in [-0.2, -0.15) is 0 Å². The Bertz CT molecular complexity index is 2760. The number of hydrogen-bond donors (Lipinski definition) is 0. The van der Waals surface area contributed by atoms with Crippen molar-refractivity contribution in [1.82, 2.24) is 0 Å². The summed E-state index contributed by atoms with van der Waals surface area (Å²) in [6, 6.07) is 46.9. The molecule has 3 heterocycles. The third kappa shape index (κ3) is 5.95. The maximum Gasteiger partial charge on any atom is 0.135 e. The number of aryl methyl sites for hydroxylation is 4. The van der Waals surface area contributed by atoms with Crippen molar-refractivity contribution in [3.8, 4) is 22.3 Å². The molecule has 0 amide bonds. The lowest BCUT2D eigenvalue weighted by molar-refractivity contribution is 0.668. The van der Waals surface area contributed by atoms with Crippen LogP contribution in [0.1, 0.15) is 37.1 Å². The van der Waals surface area contributed by atoms with Crippen LogP contribution in [-0.2, 0) is 0 Å². The zero-order chi connectivity index (χ0) is 33.2. The van der Waals surface area contributed by atoms with Gasteiger partial charge in [0.15, 0.2) is 0 Å². The van der Waals surface area contributed by atoms with Crippen LogP contribution in [0, 0.1) is 27.7 Å².